The molecule has 88 valence electrons. The van der Waals surface area contributed by atoms with E-state index < -0.39 is 0 Å². The molecule has 0 saturated carbocycles. The molecule has 17 heavy (non-hydrogen) atoms. The summed E-state index contributed by atoms with van der Waals surface area (Å²) >= 11 is 0. The van der Waals surface area contributed by atoms with Crippen LogP contribution >= 0.6 is 0 Å². The van der Waals surface area contributed by atoms with Gasteiger partial charge in [0.25, 0.3) is 0 Å². The standard InChI is InChI=1S/C14H15NO2/c1-2-13-12(8-9-17-13)15-14(16)10-11-6-4-3-5-7-11/h3-9H,2,10H2,1H3,(H,15,16). The molecule has 0 saturated heterocycles. The fourth-order valence-corrected chi connectivity index (χ4v) is 1.70. The number of aryl methyl sites for hydroxylation is 1. The van der Waals surface area contributed by atoms with Crippen molar-refractivity contribution >= 4 is 11.6 Å². The molecule has 1 heterocycles. The highest BCUT2D eigenvalue weighted by Crippen LogP contribution is 2.17. The summed E-state index contributed by atoms with van der Waals surface area (Å²) in [6.07, 6.45) is 2.75. The first-order valence-electron chi connectivity index (χ1n) is 5.69. The van der Waals surface area contributed by atoms with Gasteiger partial charge in [-0.2, -0.15) is 0 Å². The number of nitrogens with one attached hydrogen (secondary N) is 1. The van der Waals surface area contributed by atoms with Gasteiger partial charge in [0.05, 0.1) is 18.4 Å². The van der Waals surface area contributed by atoms with Gasteiger partial charge in [0.15, 0.2) is 0 Å². The maximum absolute atomic E-state index is 11.8. The lowest BCUT2D eigenvalue weighted by Crippen LogP contribution is -2.14. The number of hydrogen-bond donors (Lipinski definition) is 1. The molecule has 0 bridgehead atoms. The highest BCUT2D eigenvalue weighted by Gasteiger charge is 2.08. The number of anilines is 1. The summed E-state index contributed by atoms with van der Waals surface area (Å²) in [5.41, 5.74) is 1.78. The largest absolute Gasteiger partial charge is 0.467 e. The lowest BCUT2D eigenvalue weighted by Gasteiger charge is -2.04. The van der Waals surface area contributed by atoms with Crippen LogP contribution in [0.15, 0.2) is 47.1 Å². The van der Waals surface area contributed by atoms with E-state index in [9.17, 15) is 4.79 Å². The molecule has 0 aliphatic rings. The van der Waals surface area contributed by atoms with Crippen molar-refractivity contribution in [2.45, 2.75) is 19.8 Å². The smallest absolute Gasteiger partial charge is 0.228 e. The average molecular weight is 229 g/mol. The van der Waals surface area contributed by atoms with E-state index in [1.54, 1.807) is 12.3 Å². The van der Waals surface area contributed by atoms with Crippen LogP contribution in [0.5, 0.6) is 0 Å². The van der Waals surface area contributed by atoms with Crippen LogP contribution in [0.25, 0.3) is 0 Å². The normalized spacial score (nSPS) is 10.2. The van der Waals surface area contributed by atoms with E-state index in [4.69, 9.17) is 4.42 Å². The van der Waals surface area contributed by atoms with Crippen LogP contribution < -0.4 is 5.32 Å². The molecule has 0 fully saturated rings. The van der Waals surface area contributed by atoms with E-state index in [0.717, 1.165) is 23.4 Å². The number of amides is 1. The Labute approximate surface area is 100 Å². The first kappa shape index (κ1) is 11.5. The molecule has 1 amide bonds. The minimum Gasteiger partial charge on any atom is -0.467 e. The topological polar surface area (TPSA) is 42.2 Å². The third kappa shape index (κ3) is 2.97. The molecule has 1 aromatic carbocycles. The molecular formula is C14H15NO2. The van der Waals surface area contributed by atoms with E-state index in [0.29, 0.717) is 6.42 Å². The highest BCUT2D eigenvalue weighted by atomic mass is 16.3. The molecule has 0 unspecified atom stereocenters. The Bertz CT molecular complexity index is 488. The predicted octanol–water partition coefficient (Wildman–Crippen LogP) is 3.02. The molecule has 3 heteroatoms. The number of carbonyl (C=O) groups excluding carboxylic acids is 1. The molecule has 1 N–H and O–H groups in total. The first-order valence-corrected chi connectivity index (χ1v) is 5.69. The SMILES string of the molecule is CCc1occc1NC(=O)Cc1ccccc1. The number of carbonyl (C=O) groups is 1. The number of rotatable bonds is 4. The second kappa shape index (κ2) is 5.34. The molecule has 1 aromatic heterocycles. The Balaban J connectivity index is 1.98. The van der Waals surface area contributed by atoms with Gasteiger partial charge in [-0.25, -0.2) is 0 Å². The molecule has 0 spiro atoms. The quantitative estimate of drug-likeness (QED) is 0.875. The van der Waals surface area contributed by atoms with Crippen LogP contribution in [0.1, 0.15) is 18.2 Å². The van der Waals surface area contributed by atoms with Crippen molar-refractivity contribution in [2.75, 3.05) is 5.32 Å². The van der Waals surface area contributed by atoms with E-state index in [1.165, 1.54) is 0 Å². The monoisotopic (exact) mass is 229 g/mol. The van der Waals surface area contributed by atoms with Crippen LogP contribution in [0.4, 0.5) is 5.69 Å². The fraction of sp³-hybridized carbons (Fsp3) is 0.214. The van der Waals surface area contributed by atoms with E-state index in [1.807, 2.05) is 37.3 Å². The Hall–Kier alpha value is -2.03. The van der Waals surface area contributed by atoms with Gasteiger partial charge in [-0.15, -0.1) is 0 Å². The predicted molar refractivity (Wildman–Crippen MR) is 66.9 cm³/mol. The van der Waals surface area contributed by atoms with Crippen LogP contribution in [0.2, 0.25) is 0 Å². The lowest BCUT2D eigenvalue weighted by molar-refractivity contribution is -0.115. The molecule has 2 aromatic rings. The van der Waals surface area contributed by atoms with Crippen LogP contribution in [-0.2, 0) is 17.6 Å². The fourth-order valence-electron chi connectivity index (χ4n) is 1.70. The van der Waals surface area contributed by atoms with Gasteiger partial charge < -0.3 is 9.73 Å². The molecule has 3 nitrogen and oxygen atoms in total. The van der Waals surface area contributed by atoms with E-state index >= 15 is 0 Å². The summed E-state index contributed by atoms with van der Waals surface area (Å²) in [6.45, 7) is 1.99. The summed E-state index contributed by atoms with van der Waals surface area (Å²) in [7, 11) is 0. The molecule has 2 rings (SSSR count). The van der Waals surface area contributed by atoms with Gasteiger partial charge in [0, 0.05) is 12.5 Å². The Morgan fingerprint density at radius 3 is 2.71 bits per heavy atom. The molecule has 0 aliphatic carbocycles. The minimum atomic E-state index is -0.0210. The zero-order chi connectivity index (χ0) is 12.1. The van der Waals surface area contributed by atoms with Crippen LogP contribution in [0.3, 0.4) is 0 Å². The second-order valence-electron chi connectivity index (χ2n) is 3.82. The summed E-state index contributed by atoms with van der Waals surface area (Å²) in [6, 6.07) is 11.5. The zero-order valence-electron chi connectivity index (χ0n) is 9.77. The number of furan rings is 1. The number of hydrogen-bond acceptors (Lipinski definition) is 2. The van der Waals surface area contributed by atoms with Crippen molar-refractivity contribution in [3.05, 3.63) is 54.0 Å². The van der Waals surface area contributed by atoms with Gasteiger partial charge in [-0.3, -0.25) is 4.79 Å². The second-order valence-corrected chi connectivity index (χ2v) is 3.82. The van der Waals surface area contributed by atoms with Gasteiger partial charge >= 0.3 is 0 Å². The van der Waals surface area contributed by atoms with Crippen molar-refractivity contribution < 1.29 is 9.21 Å². The van der Waals surface area contributed by atoms with Gasteiger partial charge in [0.1, 0.15) is 5.76 Å². The molecule has 0 atom stereocenters. The van der Waals surface area contributed by atoms with E-state index in [-0.39, 0.29) is 5.91 Å². The molecule has 0 aliphatic heterocycles. The van der Waals surface area contributed by atoms with Gasteiger partial charge in [0.2, 0.25) is 5.91 Å². The lowest BCUT2D eigenvalue weighted by atomic mass is 10.1. The number of benzene rings is 1. The average Bonchev–Trinajstić information content (AvgIpc) is 2.77. The summed E-state index contributed by atoms with van der Waals surface area (Å²) in [5, 5.41) is 2.86. The summed E-state index contributed by atoms with van der Waals surface area (Å²) in [5.74, 6) is 0.790. The van der Waals surface area contributed by atoms with Crippen molar-refractivity contribution in [3.63, 3.8) is 0 Å². The van der Waals surface area contributed by atoms with Crippen LogP contribution in [-0.4, -0.2) is 5.91 Å². The first-order chi connectivity index (χ1) is 8.29. The van der Waals surface area contributed by atoms with Crippen molar-refractivity contribution in [1.29, 1.82) is 0 Å². The highest BCUT2D eigenvalue weighted by molar-refractivity contribution is 5.92. The van der Waals surface area contributed by atoms with Crippen molar-refractivity contribution in [3.8, 4) is 0 Å². The maximum atomic E-state index is 11.8. The third-order valence-electron chi connectivity index (χ3n) is 2.55. The van der Waals surface area contributed by atoms with Gasteiger partial charge in [-0.1, -0.05) is 37.3 Å². The Kier molecular flexibility index (Phi) is 3.60. The summed E-state index contributed by atoms with van der Waals surface area (Å²) in [4.78, 5) is 11.8. The zero-order valence-corrected chi connectivity index (χ0v) is 9.77. The molecule has 0 radical (unpaired) electrons. The van der Waals surface area contributed by atoms with Gasteiger partial charge in [-0.05, 0) is 5.56 Å². The van der Waals surface area contributed by atoms with Crippen molar-refractivity contribution in [1.82, 2.24) is 0 Å². The Morgan fingerprint density at radius 1 is 1.24 bits per heavy atom. The Morgan fingerprint density at radius 2 is 2.00 bits per heavy atom. The summed E-state index contributed by atoms with van der Waals surface area (Å²) < 4.78 is 5.25. The third-order valence-corrected chi connectivity index (χ3v) is 2.55. The van der Waals surface area contributed by atoms with E-state index in [2.05, 4.69) is 5.32 Å². The van der Waals surface area contributed by atoms with Crippen molar-refractivity contribution in [2.24, 2.45) is 0 Å². The van der Waals surface area contributed by atoms with Crippen LogP contribution in [0, 0.1) is 0 Å². The minimum absolute atomic E-state index is 0.0210. The molecular weight excluding hydrogens is 214 g/mol. The maximum Gasteiger partial charge on any atom is 0.228 e.